The van der Waals surface area contributed by atoms with E-state index in [1.807, 2.05) is 72.8 Å². The molecule has 5 rings (SSSR count). The largest absolute Gasteiger partial charge is 0.492 e. The van der Waals surface area contributed by atoms with Crippen molar-refractivity contribution in [3.05, 3.63) is 110 Å². The molecule has 176 valence electrons. The summed E-state index contributed by atoms with van der Waals surface area (Å²) in [7, 11) is 0. The van der Waals surface area contributed by atoms with Crippen LogP contribution in [0.1, 0.15) is 28.6 Å². The van der Waals surface area contributed by atoms with E-state index in [1.165, 1.54) is 0 Å². The van der Waals surface area contributed by atoms with Crippen LogP contribution in [0.4, 0.5) is 0 Å². The number of thiazole rings is 1. The topological polar surface area (TPSA) is 115 Å². The van der Waals surface area contributed by atoms with Gasteiger partial charge >= 0.3 is 4.87 Å². The molecule has 10 heteroatoms. The molecule has 1 N–H and O–H groups in total. The van der Waals surface area contributed by atoms with Crippen molar-refractivity contribution in [2.24, 2.45) is 5.18 Å². The van der Waals surface area contributed by atoms with Crippen LogP contribution < -0.4 is 9.61 Å². The first-order valence-corrected chi connectivity index (χ1v) is 12.0. The van der Waals surface area contributed by atoms with Crippen molar-refractivity contribution >= 4 is 21.6 Å². The zero-order valence-corrected chi connectivity index (χ0v) is 19.5. The molecule has 0 aliphatic heterocycles. The molecule has 0 bridgehead atoms. The summed E-state index contributed by atoms with van der Waals surface area (Å²) in [5.41, 5.74) is 3.56. The minimum absolute atomic E-state index is 0.0621. The number of ether oxygens (including phenoxy) is 1. The average molecular weight is 487 g/mol. The van der Waals surface area contributed by atoms with E-state index >= 15 is 0 Å². The molecule has 0 aliphatic rings. The maximum absolute atomic E-state index is 12.6. The number of nitroso groups, excluding NO2 is 1. The Kier molecular flexibility index (Phi) is 6.71. The van der Waals surface area contributed by atoms with E-state index in [0.717, 1.165) is 50.4 Å². The highest BCUT2D eigenvalue weighted by atomic mass is 32.1. The van der Waals surface area contributed by atoms with Crippen molar-refractivity contribution in [1.82, 2.24) is 25.2 Å². The Balaban J connectivity index is 1.23. The molecule has 2 heterocycles. The third-order valence-corrected chi connectivity index (χ3v) is 6.70. The zero-order valence-electron chi connectivity index (χ0n) is 18.7. The van der Waals surface area contributed by atoms with Crippen LogP contribution in [0.3, 0.4) is 0 Å². The summed E-state index contributed by atoms with van der Waals surface area (Å²) < 4.78 is 8.40. The van der Waals surface area contributed by atoms with Crippen molar-refractivity contribution in [2.45, 2.75) is 25.4 Å². The first-order valence-electron chi connectivity index (χ1n) is 11.2. The van der Waals surface area contributed by atoms with E-state index in [1.54, 1.807) is 4.57 Å². The molecule has 0 fully saturated rings. The molecule has 9 nitrogen and oxygen atoms in total. The number of nitrogens with zero attached hydrogens (tertiary/aromatic N) is 5. The van der Waals surface area contributed by atoms with E-state index < -0.39 is 6.04 Å². The predicted octanol–water partition coefficient (Wildman–Crippen LogP) is 4.30. The fourth-order valence-electron chi connectivity index (χ4n) is 3.97. The average Bonchev–Trinajstić information content (AvgIpc) is 3.52. The monoisotopic (exact) mass is 486 g/mol. The number of H-pyrrole nitrogens is 1. The third-order valence-electron chi connectivity index (χ3n) is 5.76. The van der Waals surface area contributed by atoms with Gasteiger partial charge in [0.05, 0.1) is 16.8 Å². The van der Waals surface area contributed by atoms with Crippen LogP contribution in [-0.4, -0.2) is 31.8 Å². The van der Waals surface area contributed by atoms with Gasteiger partial charge in [0.25, 0.3) is 0 Å². The van der Waals surface area contributed by atoms with Crippen LogP contribution >= 0.6 is 11.3 Å². The van der Waals surface area contributed by atoms with E-state index in [4.69, 9.17) is 4.74 Å². The van der Waals surface area contributed by atoms with Gasteiger partial charge in [0.2, 0.25) is 0 Å². The first kappa shape index (κ1) is 22.6. The predicted molar refractivity (Wildman–Crippen MR) is 134 cm³/mol. The standard InChI is InChI=1S/C25H22N6O3S/c32-25-31(14-15-34-20-10-6-17(7-11-20)8-13-23-26-29-30-27-23)21-12-9-19(16-22(21)35-25)24(28-33)18-4-2-1-3-5-18/h1-7,9-12,16,24H,8,13-15H2,(H,26,27,29,30). The number of fused-ring (bicyclic) bond motifs is 1. The van der Waals surface area contributed by atoms with Gasteiger partial charge in [0.1, 0.15) is 18.4 Å². The van der Waals surface area contributed by atoms with Crippen LogP contribution in [0.15, 0.2) is 82.8 Å². The summed E-state index contributed by atoms with van der Waals surface area (Å²) in [4.78, 5) is 24.1. The van der Waals surface area contributed by atoms with E-state index in [9.17, 15) is 9.70 Å². The number of benzene rings is 3. The molecule has 1 atom stereocenters. The molecule has 0 radical (unpaired) electrons. The third kappa shape index (κ3) is 5.17. The fraction of sp³-hybridized carbons (Fsp3) is 0.200. The number of tetrazole rings is 1. The lowest BCUT2D eigenvalue weighted by Crippen LogP contribution is -2.17. The molecule has 5 aromatic rings. The highest BCUT2D eigenvalue weighted by molar-refractivity contribution is 7.16. The fourth-order valence-corrected chi connectivity index (χ4v) is 4.93. The summed E-state index contributed by atoms with van der Waals surface area (Å²) in [6, 6.07) is 22.3. The van der Waals surface area contributed by atoms with Crippen molar-refractivity contribution in [3.63, 3.8) is 0 Å². The number of rotatable bonds is 10. The molecule has 3 aromatic carbocycles. The van der Waals surface area contributed by atoms with Crippen molar-refractivity contribution in [3.8, 4) is 5.75 Å². The molecular weight excluding hydrogens is 464 g/mol. The van der Waals surface area contributed by atoms with Gasteiger partial charge in [0.15, 0.2) is 5.82 Å². The summed E-state index contributed by atoms with van der Waals surface area (Å²) in [5.74, 6) is 1.43. The minimum atomic E-state index is -0.607. The molecule has 0 saturated carbocycles. The lowest BCUT2D eigenvalue weighted by molar-refractivity contribution is 0.299. The Morgan fingerprint density at radius 1 is 1.00 bits per heavy atom. The molecule has 0 saturated heterocycles. The first-order chi connectivity index (χ1) is 17.2. The SMILES string of the molecule is O=NC(c1ccccc1)c1ccc2c(c1)sc(=O)n2CCOc1ccc(CCc2nn[nH]n2)cc1. The van der Waals surface area contributed by atoms with Gasteiger partial charge in [-0.3, -0.25) is 9.36 Å². The number of aryl methyl sites for hydroxylation is 2. The van der Waals surface area contributed by atoms with E-state index in [2.05, 4.69) is 25.8 Å². The van der Waals surface area contributed by atoms with Gasteiger partial charge in [-0.2, -0.15) is 5.21 Å². The Bertz CT molecular complexity index is 1460. The molecule has 1 unspecified atom stereocenters. The van der Waals surface area contributed by atoms with E-state index in [0.29, 0.717) is 25.4 Å². The van der Waals surface area contributed by atoms with Crippen LogP contribution in [0, 0.1) is 4.91 Å². The van der Waals surface area contributed by atoms with Crippen molar-refractivity contribution in [2.75, 3.05) is 6.61 Å². The van der Waals surface area contributed by atoms with Crippen LogP contribution in [0.25, 0.3) is 10.2 Å². The Morgan fingerprint density at radius 2 is 1.83 bits per heavy atom. The number of aromatic nitrogens is 5. The van der Waals surface area contributed by atoms with Crippen molar-refractivity contribution < 1.29 is 4.74 Å². The summed E-state index contributed by atoms with van der Waals surface area (Å²) in [6.07, 6.45) is 1.52. The van der Waals surface area contributed by atoms with Crippen molar-refractivity contribution in [1.29, 1.82) is 0 Å². The van der Waals surface area contributed by atoms with E-state index in [-0.39, 0.29) is 4.87 Å². The Morgan fingerprint density at radius 3 is 2.57 bits per heavy atom. The number of hydrogen-bond donors (Lipinski definition) is 1. The van der Waals surface area contributed by atoms with Gasteiger partial charge in [-0.25, -0.2) is 0 Å². The molecule has 2 aromatic heterocycles. The molecular formula is C25H22N6O3S. The second kappa shape index (κ2) is 10.4. The van der Waals surface area contributed by atoms with Crippen LogP contribution in [0.5, 0.6) is 5.75 Å². The van der Waals surface area contributed by atoms with Gasteiger partial charge in [-0.15, -0.1) is 15.1 Å². The quantitative estimate of drug-likeness (QED) is 0.294. The Labute approximate surface area is 204 Å². The summed E-state index contributed by atoms with van der Waals surface area (Å²) >= 11 is 1.16. The summed E-state index contributed by atoms with van der Waals surface area (Å²) in [6.45, 7) is 0.782. The second-order valence-electron chi connectivity index (χ2n) is 7.99. The van der Waals surface area contributed by atoms with Crippen LogP contribution in [-0.2, 0) is 19.4 Å². The van der Waals surface area contributed by atoms with Gasteiger partial charge in [-0.05, 0) is 47.4 Å². The zero-order chi connectivity index (χ0) is 24.0. The molecule has 0 amide bonds. The smallest absolute Gasteiger partial charge is 0.308 e. The van der Waals surface area contributed by atoms with Gasteiger partial charge in [0, 0.05) is 6.42 Å². The number of nitrogens with one attached hydrogen (secondary N) is 1. The molecule has 0 aliphatic carbocycles. The molecule has 35 heavy (non-hydrogen) atoms. The maximum atomic E-state index is 12.6. The normalized spacial score (nSPS) is 12.0. The minimum Gasteiger partial charge on any atom is -0.492 e. The maximum Gasteiger partial charge on any atom is 0.308 e. The highest BCUT2D eigenvalue weighted by Gasteiger charge is 2.17. The second-order valence-corrected chi connectivity index (χ2v) is 8.98. The lowest BCUT2D eigenvalue weighted by Gasteiger charge is -2.11. The number of hydrogen-bond acceptors (Lipinski definition) is 8. The number of aromatic amines is 1. The van der Waals surface area contributed by atoms with Gasteiger partial charge < -0.3 is 4.74 Å². The highest BCUT2D eigenvalue weighted by Crippen LogP contribution is 2.29. The molecule has 0 spiro atoms. The Hall–Kier alpha value is -4.18. The van der Waals surface area contributed by atoms with Gasteiger partial charge in [-0.1, -0.05) is 70.3 Å². The van der Waals surface area contributed by atoms with Crippen LogP contribution in [0.2, 0.25) is 0 Å². The summed E-state index contributed by atoms with van der Waals surface area (Å²) in [5, 5.41) is 17.2. The lowest BCUT2D eigenvalue weighted by atomic mass is 9.99.